The van der Waals surface area contributed by atoms with E-state index in [1.54, 1.807) is 0 Å². The summed E-state index contributed by atoms with van der Waals surface area (Å²) < 4.78 is 29.1. The summed E-state index contributed by atoms with van der Waals surface area (Å²) in [6.07, 6.45) is 2.06. The van der Waals surface area contributed by atoms with Gasteiger partial charge in [-0.25, -0.2) is 13.6 Å². The van der Waals surface area contributed by atoms with Crippen molar-refractivity contribution >= 4 is 29.4 Å². The number of rotatable bonds is 4. The second kappa shape index (κ2) is 7.42. The van der Waals surface area contributed by atoms with Gasteiger partial charge in [0.1, 0.15) is 11.6 Å². The van der Waals surface area contributed by atoms with Crippen LogP contribution in [-0.4, -0.2) is 24.4 Å². The number of nitrogens with one attached hydrogen (secondary N) is 3. The van der Waals surface area contributed by atoms with Crippen LogP contribution in [0.15, 0.2) is 12.1 Å². The van der Waals surface area contributed by atoms with Gasteiger partial charge in [0.15, 0.2) is 0 Å². The third-order valence-corrected chi connectivity index (χ3v) is 5.70. The molecule has 1 aliphatic heterocycles. The molecule has 3 rings (SSSR count). The van der Waals surface area contributed by atoms with Gasteiger partial charge in [0.25, 0.3) is 0 Å². The van der Waals surface area contributed by atoms with E-state index < -0.39 is 46.9 Å². The maximum atomic E-state index is 14.6. The normalized spacial score (nSPS) is 22.7. The summed E-state index contributed by atoms with van der Waals surface area (Å²) in [7, 11) is 0. The van der Waals surface area contributed by atoms with Crippen molar-refractivity contribution in [2.45, 2.75) is 38.6 Å². The van der Waals surface area contributed by atoms with Crippen LogP contribution in [0.25, 0.3) is 0 Å². The van der Waals surface area contributed by atoms with Crippen LogP contribution in [-0.2, 0) is 9.59 Å². The summed E-state index contributed by atoms with van der Waals surface area (Å²) in [5, 5.41) is 6.98. The molecule has 6 nitrogen and oxygen atoms in total. The smallest absolute Gasteiger partial charge is 0.321 e. The summed E-state index contributed by atoms with van der Waals surface area (Å²) in [4.78, 5) is 35.8. The fraction of sp³-hybridized carbons (Fsp3) is 0.500. The molecule has 0 unspecified atom stereocenters. The van der Waals surface area contributed by atoms with Crippen molar-refractivity contribution in [3.63, 3.8) is 0 Å². The molecule has 1 saturated carbocycles. The van der Waals surface area contributed by atoms with Crippen LogP contribution >= 0.6 is 11.6 Å². The SMILES string of the molecule is CC1([C@@H](NC(=O)[C@@H]2CNC(=O)NC(=O)C2)c2c(F)ccc(Cl)c2F)CCC1. The molecule has 2 atom stereocenters. The minimum Gasteiger partial charge on any atom is -0.348 e. The van der Waals surface area contributed by atoms with Crippen molar-refractivity contribution in [3.8, 4) is 0 Å². The number of hydrogen-bond donors (Lipinski definition) is 3. The lowest BCUT2D eigenvalue weighted by molar-refractivity contribution is -0.131. The van der Waals surface area contributed by atoms with Gasteiger partial charge < -0.3 is 10.6 Å². The Bertz CT molecular complexity index is 798. The predicted molar refractivity (Wildman–Crippen MR) is 93.9 cm³/mol. The first kappa shape index (κ1) is 19.5. The highest BCUT2D eigenvalue weighted by Crippen LogP contribution is 2.51. The number of imide groups is 1. The zero-order chi connectivity index (χ0) is 19.8. The Kier molecular flexibility index (Phi) is 5.37. The molecular formula is C18H20ClF2N3O3. The van der Waals surface area contributed by atoms with Gasteiger partial charge >= 0.3 is 6.03 Å². The molecule has 0 spiro atoms. The average molecular weight is 400 g/mol. The Morgan fingerprint density at radius 3 is 2.67 bits per heavy atom. The number of carbonyl (C=O) groups excluding carboxylic acids is 3. The van der Waals surface area contributed by atoms with E-state index in [0.29, 0.717) is 12.8 Å². The van der Waals surface area contributed by atoms with Gasteiger partial charge in [-0.1, -0.05) is 24.9 Å². The van der Waals surface area contributed by atoms with Gasteiger partial charge in [-0.15, -0.1) is 0 Å². The third kappa shape index (κ3) is 3.90. The topological polar surface area (TPSA) is 87.3 Å². The van der Waals surface area contributed by atoms with E-state index in [9.17, 15) is 23.2 Å². The van der Waals surface area contributed by atoms with Crippen LogP contribution in [0.5, 0.6) is 0 Å². The minimum absolute atomic E-state index is 0.0483. The molecule has 0 bridgehead atoms. The zero-order valence-corrected chi connectivity index (χ0v) is 15.5. The first-order chi connectivity index (χ1) is 12.7. The molecule has 1 aliphatic carbocycles. The van der Waals surface area contributed by atoms with Crippen molar-refractivity contribution in [2.24, 2.45) is 11.3 Å². The molecule has 0 radical (unpaired) electrons. The molecule has 27 heavy (non-hydrogen) atoms. The third-order valence-electron chi connectivity index (χ3n) is 5.41. The lowest BCUT2D eigenvalue weighted by atomic mass is 9.63. The first-order valence-corrected chi connectivity index (χ1v) is 9.10. The van der Waals surface area contributed by atoms with E-state index in [1.165, 1.54) is 0 Å². The molecule has 9 heteroatoms. The van der Waals surface area contributed by atoms with Crippen molar-refractivity contribution in [1.29, 1.82) is 0 Å². The highest BCUT2D eigenvalue weighted by Gasteiger charge is 2.44. The summed E-state index contributed by atoms with van der Waals surface area (Å²) in [5.74, 6) is -3.67. The molecule has 1 aromatic carbocycles. The van der Waals surface area contributed by atoms with Crippen LogP contribution < -0.4 is 16.0 Å². The molecule has 3 N–H and O–H groups in total. The van der Waals surface area contributed by atoms with Gasteiger partial charge in [0, 0.05) is 18.5 Å². The molecule has 0 aromatic heterocycles. The van der Waals surface area contributed by atoms with Crippen LogP contribution in [0.2, 0.25) is 5.02 Å². The zero-order valence-electron chi connectivity index (χ0n) is 14.7. The van der Waals surface area contributed by atoms with E-state index in [-0.39, 0.29) is 23.6 Å². The first-order valence-electron chi connectivity index (χ1n) is 8.73. The Hall–Kier alpha value is -2.22. The monoisotopic (exact) mass is 399 g/mol. The largest absolute Gasteiger partial charge is 0.348 e. The fourth-order valence-corrected chi connectivity index (χ4v) is 3.77. The van der Waals surface area contributed by atoms with E-state index >= 15 is 0 Å². The lowest BCUT2D eigenvalue weighted by Gasteiger charge is -2.46. The highest BCUT2D eigenvalue weighted by atomic mass is 35.5. The van der Waals surface area contributed by atoms with Crippen LogP contribution in [0, 0.1) is 23.0 Å². The molecule has 2 fully saturated rings. The molecule has 1 saturated heterocycles. The maximum absolute atomic E-state index is 14.6. The van der Waals surface area contributed by atoms with E-state index in [0.717, 1.165) is 18.6 Å². The lowest BCUT2D eigenvalue weighted by Crippen LogP contribution is -2.47. The Balaban J connectivity index is 1.89. The maximum Gasteiger partial charge on any atom is 0.321 e. The molecular weight excluding hydrogens is 380 g/mol. The summed E-state index contributed by atoms with van der Waals surface area (Å²) in [6.45, 7) is 1.80. The van der Waals surface area contributed by atoms with E-state index in [4.69, 9.17) is 11.6 Å². The molecule has 2 aliphatic rings. The van der Waals surface area contributed by atoms with Crippen molar-refractivity contribution in [1.82, 2.24) is 16.0 Å². The average Bonchev–Trinajstić information content (AvgIpc) is 2.75. The van der Waals surface area contributed by atoms with Crippen LogP contribution in [0.1, 0.15) is 44.2 Å². The van der Waals surface area contributed by atoms with Gasteiger partial charge in [-0.05, 0) is 30.4 Å². The highest BCUT2D eigenvalue weighted by molar-refractivity contribution is 6.30. The molecule has 4 amide bonds. The number of amides is 4. The van der Waals surface area contributed by atoms with E-state index in [2.05, 4.69) is 16.0 Å². The fourth-order valence-electron chi connectivity index (χ4n) is 3.60. The second-order valence-corrected chi connectivity index (χ2v) is 7.77. The van der Waals surface area contributed by atoms with Crippen LogP contribution in [0.4, 0.5) is 13.6 Å². The van der Waals surface area contributed by atoms with Gasteiger partial charge in [0.05, 0.1) is 17.0 Å². The molecule has 146 valence electrons. The Morgan fingerprint density at radius 1 is 1.33 bits per heavy atom. The predicted octanol–water partition coefficient (Wildman–Crippen LogP) is 2.81. The van der Waals surface area contributed by atoms with E-state index in [1.807, 2.05) is 6.92 Å². The summed E-state index contributed by atoms with van der Waals surface area (Å²) in [5.41, 5.74) is -0.807. The number of benzene rings is 1. The summed E-state index contributed by atoms with van der Waals surface area (Å²) in [6, 6.07) is 0.591. The minimum atomic E-state index is -0.931. The van der Waals surface area contributed by atoms with Crippen molar-refractivity contribution in [3.05, 3.63) is 34.4 Å². The molecule has 1 heterocycles. The number of urea groups is 1. The molecule has 1 aromatic rings. The van der Waals surface area contributed by atoms with Crippen LogP contribution in [0.3, 0.4) is 0 Å². The number of halogens is 3. The Labute approximate surface area is 160 Å². The number of hydrogen-bond acceptors (Lipinski definition) is 3. The second-order valence-electron chi connectivity index (χ2n) is 7.37. The quantitative estimate of drug-likeness (QED) is 0.680. The Morgan fingerprint density at radius 2 is 2.04 bits per heavy atom. The van der Waals surface area contributed by atoms with Crippen molar-refractivity contribution < 1.29 is 23.2 Å². The van der Waals surface area contributed by atoms with Crippen molar-refractivity contribution in [2.75, 3.05) is 6.54 Å². The van der Waals surface area contributed by atoms with Gasteiger partial charge in [-0.3, -0.25) is 14.9 Å². The standard InChI is InChI=1S/C18H20ClF2N3O3/c1-18(5-2-6-18)15(13-11(20)4-3-10(19)14(13)21)24-16(26)9-7-12(25)23-17(27)22-8-9/h3-4,9,15H,2,5-8H2,1H3,(H,24,26)(H2,22,23,25,27)/t9-,15-/m0/s1. The van der Waals surface area contributed by atoms with Gasteiger partial charge in [-0.2, -0.15) is 0 Å². The van der Waals surface area contributed by atoms with Gasteiger partial charge in [0.2, 0.25) is 11.8 Å². The number of carbonyl (C=O) groups is 3. The summed E-state index contributed by atoms with van der Waals surface area (Å²) >= 11 is 5.83.